The molecule has 3 saturated carbocycles. The van der Waals surface area contributed by atoms with E-state index in [0.29, 0.717) is 13.2 Å². The van der Waals surface area contributed by atoms with Gasteiger partial charge >= 0.3 is 0 Å². The number of rotatable bonds is 4. The van der Waals surface area contributed by atoms with E-state index in [2.05, 4.69) is 0 Å². The predicted molar refractivity (Wildman–Crippen MR) is 62.8 cm³/mol. The Bertz CT molecular complexity index is 233. The summed E-state index contributed by atoms with van der Waals surface area (Å²) in [6.45, 7) is 0.761. The lowest BCUT2D eigenvalue weighted by Gasteiger charge is -2.23. The van der Waals surface area contributed by atoms with Gasteiger partial charge in [-0.3, -0.25) is 0 Å². The summed E-state index contributed by atoms with van der Waals surface area (Å²) in [7, 11) is 0. The van der Waals surface area contributed by atoms with Crippen LogP contribution in [0.4, 0.5) is 0 Å². The highest BCUT2D eigenvalue weighted by Gasteiger charge is 2.56. The number of fused-ring (bicyclic) bond motifs is 5. The van der Waals surface area contributed by atoms with E-state index in [-0.39, 0.29) is 0 Å². The molecule has 2 nitrogen and oxygen atoms in total. The van der Waals surface area contributed by atoms with Crippen LogP contribution in [0.1, 0.15) is 38.5 Å². The van der Waals surface area contributed by atoms with E-state index < -0.39 is 0 Å². The van der Waals surface area contributed by atoms with Gasteiger partial charge in [-0.25, -0.2) is 0 Å². The van der Waals surface area contributed by atoms with Gasteiger partial charge in [-0.05, 0) is 74.0 Å². The molecular formula is C14H24O2. The average molecular weight is 224 g/mol. The van der Waals surface area contributed by atoms with Gasteiger partial charge in [-0.15, -0.1) is 0 Å². The van der Waals surface area contributed by atoms with E-state index in [9.17, 15) is 0 Å². The molecule has 4 unspecified atom stereocenters. The van der Waals surface area contributed by atoms with Crippen molar-refractivity contribution < 1.29 is 10.2 Å². The molecule has 3 aliphatic carbocycles. The van der Waals surface area contributed by atoms with Crippen LogP contribution in [0.5, 0.6) is 0 Å². The lowest BCUT2D eigenvalue weighted by atomic mass is 9.82. The molecule has 4 atom stereocenters. The quantitative estimate of drug-likeness (QED) is 0.767. The third kappa shape index (κ3) is 1.53. The minimum atomic E-state index is 0.375. The zero-order valence-corrected chi connectivity index (χ0v) is 10.0. The fourth-order valence-corrected chi connectivity index (χ4v) is 5.39. The van der Waals surface area contributed by atoms with Crippen molar-refractivity contribution in [3.63, 3.8) is 0 Å². The maximum absolute atomic E-state index is 9.16. The average Bonchev–Trinajstić information content (AvgIpc) is 2.89. The summed E-state index contributed by atoms with van der Waals surface area (Å²) in [5.74, 6) is 5.39. The van der Waals surface area contributed by atoms with Crippen molar-refractivity contribution in [2.45, 2.75) is 38.5 Å². The van der Waals surface area contributed by atoms with Gasteiger partial charge in [0.05, 0.1) is 0 Å². The van der Waals surface area contributed by atoms with Crippen molar-refractivity contribution in [2.75, 3.05) is 13.2 Å². The molecule has 3 aliphatic rings. The summed E-state index contributed by atoms with van der Waals surface area (Å²) in [6, 6.07) is 0. The summed E-state index contributed by atoms with van der Waals surface area (Å²) < 4.78 is 0. The Morgan fingerprint density at radius 3 is 1.81 bits per heavy atom. The van der Waals surface area contributed by atoms with E-state index in [4.69, 9.17) is 10.2 Å². The van der Waals surface area contributed by atoms with Crippen LogP contribution in [-0.2, 0) is 0 Å². The zero-order chi connectivity index (χ0) is 11.1. The fourth-order valence-electron chi connectivity index (χ4n) is 5.39. The van der Waals surface area contributed by atoms with Gasteiger partial charge in [0.1, 0.15) is 0 Å². The Kier molecular flexibility index (Phi) is 2.97. The molecule has 0 spiro atoms. The molecule has 0 aromatic rings. The molecule has 0 heterocycles. The molecule has 2 heteroatoms. The third-order valence-electron chi connectivity index (χ3n) is 5.79. The first-order chi connectivity index (χ1) is 7.85. The van der Waals surface area contributed by atoms with Crippen LogP contribution < -0.4 is 0 Å². The van der Waals surface area contributed by atoms with Gasteiger partial charge in [-0.1, -0.05) is 0 Å². The van der Waals surface area contributed by atoms with E-state index in [1.807, 2.05) is 0 Å². The van der Waals surface area contributed by atoms with Crippen LogP contribution in [0.25, 0.3) is 0 Å². The number of aliphatic hydroxyl groups excluding tert-OH is 2. The SMILES string of the molecule is OCCC1CC2C3CCC(C3CCO)C2C1. The lowest BCUT2D eigenvalue weighted by molar-refractivity contribution is 0.210. The van der Waals surface area contributed by atoms with Crippen LogP contribution in [0.15, 0.2) is 0 Å². The zero-order valence-electron chi connectivity index (χ0n) is 10.0. The monoisotopic (exact) mass is 224 g/mol. The molecule has 0 aliphatic heterocycles. The molecular weight excluding hydrogens is 200 g/mol. The van der Waals surface area contributed by atoms with E-state index >= 15 is 0 Å². The molecule has 3 fully saturated rings. The summed E-state index contributed by atoms with van der Waals surface area (Å²) in [5, 5.41) is 18.2. The Morgan fingerprint density at radius 2 is 1.31 bits per heavy atom. The van der Waals surface area contributed by atoms with E-state index in [1.54, 1.807) is 0 Å². The van der Waals surface area contributed by atoms with Gasteiger partial charge in [0.15, 0.2) is 0 Å². The van der Waals surface area contributed by atoms with Crippen LogP contribution in [0.2, 0.25) is 0 Å². The minimum absolute atomic E-state index is 0.375. The van der Waals surface area contributed by atoms with Crippen molar-refractivity contribution in [3.8, 4) is 0 Å². The summed E-state index contributed by atoms with van der Waals surface area (Å²) in [4.78, 5) is 0. The summed E-state index contributed by atoms with van der Waals surface area (Å²) in [5.41, 5.74) is 0. The molecule has 0 aromatic carbocycles. The first-order valence-electron chi connectivity index (χ1n) is 7.07. The van der Waals surface area contributed by atoms with Crippen molar-refractivity contribution in [2.24, 2.45) is 35.5 Å². The largest absolute Gasteiger partial charge is 0.396 e. The molecule has 0 radical (unpaired) electrons. The lowest BCUT2D eigenvalue weighted by Crippen LogP contribution is -2.15. The standard InChI is InChI=1S/C14H24O2/c15-5-3-9-7-13-10-1-2-11(14(13)8-9)12(10)4-6-16/h9-16H,1-8H2. The Morgan fingerprint density at radius 1 is 0.750 bits per heavy atom. The molecule has 3 rings (SSSR count). The van der Waals surface area contributed by atoms with Gasteiger partial charge in [0, 0.05) is 13.2 Å². The van der Waals surface area contributed by atoms with Gasteiger partial charge in [0.25, 0.3) is 0 Å². The highest BCUT2D eigenvalue weighted by atomic mass is 16.3. The third-order valence-corrected chi connectivity index (χ3v) is 5.79. The summed E-state index contributed by atoms with van der Waals surface area (Å²) in [6.07, 6.45) is 7.65. The first-order valence-corrected chi connectivity index (χ1v) is 7.07. The topological polar surface area (TPSA) is 40.5 Å². The summed E-state index contributed by atoms with van der Waals surface area (Å²) >= 11 is 0. The van der Waals surface area contributed by atoms with Crippen molar-refractivity contribution in [3.05, 3.63) is 0 Å². The second kappa shape index (κ2) is 4.30. The minimum Gasteiger partial charge on any atom is -0.396 e. The molecule has 92 valence electrons. The Balaban J connectivity index is 1.68. The van der Waals surface area contributed by atoms with Crippen LogP contribution in [0.3, 0.4) is 0 Å². The molecule has 2 N–H and O–H groups in total. The van der Waals surface area contributed by atoms with Gasteiger partial charge in [-0.2, -0.15) is 0 Å². The maximum atomic E-state index is 9.16. The number of aliphatic hydroxyl groups is 2. The smallest absolute Gasteiger partial charge is 0.0433 e. The van der Waals surface area contributed by atoms with Crippen molar-refractivity contribution in [1.29, 1.82) is 0 Å². The Labute approximate surface area is 98.1 Å². The molecule has 2 bridgehead atoms. The predicted octanol–water partition coefficient (Wildman–Crippen LogP) is 2.05. The molecule has 0 aromatic heterocycles. The highest BCUT2D eigenvalue weighted by Crippen LogP contribution is 2.63. The molecule has 0 amide bonds. The van der Waals surface area contributed by atoms with Crippen molar-refractivity contribution >= 4 is 0 Å². The number of hydrogen-bond acceptors (Lipinski definition) is 2. The fraction of sp³-hybridized carbons (Fsp3) is 1.00. The van der Waals surface area contributed by atoms with E-state index in [0.717, 1.165) is 48.3 Å². The highest BCUT2D eigenvalue weighted by molar-refractivity contribution is 5.05. The van der Waals surface area contributed by atoms with Gasteiger partial charge < -0.3 is 10.2 Å². The van der Waals surface area contributed by atoms with Crippen molar-refractivity contribution in [1.82, 2.24) is 0 Å². The van der Waals surface area contributed by atoms with E-state index in [1.165, 1.54) is 25.7 Å². The van der Waals surface area contributed by atoms with Crippen LogP contribution >= 0.6 is 0 Å². The molecule has 16 heavy (non-hydrogen) atoms. The molecule has 0 saturated heterocycles. The second-order valence-electron chi connectivity index (χ2n) is 6.26. The van der Waals surface area contributed by atoms with Crippen LogP contribution in [0, 0.1) is 35.5 Å². The van der Waals surface area contributed by atoms with Gasteiger partial charge in [0.2, 0.25) is 0 Å². The second-order valence-corrected chi connectivity index (χ2v) is 6.26. The first kappa shape index (κ1) is 11.0. The normalized spacial score (nSPS) is 49.9. The van der Waals surface area contributed by atoms with Crippen LogP contribution in [-0.4, -0.2) is 23.4 Å². The maximum Gasteiger partial charge on any atom is 0.0433 e. The Hall–Kier alpha value is -0.0800. The number of hydrogen-bond donors (Lipinski definition) is 2.